The third kappa shape index (κ3) is 1.96. The van der Waals surface area contributed by atoms with Gasteiger partial charge in [-0.05, 0) is 32.7 Å². The van der Waals surface area contributed by atoms with Gasteiger partial charge >= 0.3 is 5.97 Å². The maximum Gasteiger partial charge on any atom is 0.316 e. The van der Waals surface area contributed by atoms with Crippen molar-refractivity contribution in [3.8, 4) is 0 Å². The molecule has 2 fully saturated rings. The summed E-state index contributed by atoms with van der Waals surface area (Å²) >= 11 is 3.11. The van der Waals surface area contributed by atoms with E-state index in [1.165, 1.54) is 12.8 Å². The van der Waals surface area contributed by atoms with Crippen molar-refractivity contribution in [1.29, 1.82) is 0 Å². The highest BCUT2D eigenvalue weighted by molar-refractivity contribution is 9.09. The zero-order valence-corrected chi connectivity index (χ0v) is 10.00. The van der Waals surface area contributed by atoms with E-state index in [-0.39, 0.29) is 12.1 Å². The first kappa shape index (κ1) is 10.4. The monoisotopic (exact) mass is 261 g/mol. The van der Waals surface area contributed by atoms with Crippen molar-refractivity contribution in [3.63, 3.8) is 0 Å². The van der Waals surface area contributed by atoms with Crippen molar-refractivity contribution < 1.29 is 9.53 Å². The molecule has 2 bridgehead atoms. The van der Waals surface area contributed by atoms with Crippen LogP contribution in [0.3, 0.4) is 0 Å². The summed E-state index contributed by atoms with van der Waals surface area (Å²) in [7, 11) is 2.19. The molecule has 2 aliphatic heterocycles. The van der Waals surface area contributed by atoms with Gasteiger partial charge in [0.25, 0.3) is 0 Å². The van der Waals surface area contributed by atoms with Crippen LogP contribution in [0.15, 0.2) is 0 Å². The van der Waals surface area contributed by atoms with Gasteiger partial charge in [0.2, 0.25) is 0 Å². The summed E-state index contributed by atoms with van der Waals surface area (Å²) in [4.78, 5) is 13.6. The molecule has 0 aromatic carbocycles. The van der Waals surface area contributed by atoms with Gasteiger partial charge in [-0.1, -0.05) is 15.9 Å². The van der Waals surface area contributed by atoms with Crippen LogP contribution in [-0.2, 0) is 9.53 Å². The number of nitrogens with zero attached hydrogens (tertiary/aromatic N) is 1. The first-order valence-corrected chi connectivity index (χ1v) is 6.30. The van der Waals surface area contributed by atoms with Crippen molar-refractivity contribution in [2.75, 3.05) is 12.4 Å². The van der Waals surface area contributed by atoms with E-state index in [0.29, 0.717) is 17.4 Å². The van der Waals surface area contributed by atoms with E-state index in [0.717, 1.165) is 12.8 Å². The van der Waals surface area contributed by atoms with Crippen LogP contribution in [-0.4, -0.2) is 41.4 Å². The van der Waals surface area contributed by atoms with Crippen LogP contribution in [0.2, 0.25) is 0 Å². The van der Waals surface area contributed by atoms with Crippen LogP contribution in [0.5, 0.6) is 0 Å². The number of rotatable bonds is 2. The van der Waals surface area contributed by atoms with Crippen molar-refractivity contribution in [2.45, 2.75) is 43.9 Å². The number of hydrogen-bond acceptors (Lipinski definition) is 3. The number of halogens is 1. The molecule has 2 unspecified atom stereocenters. The molecule has 0 N–H and O–H groups in total. The van der Waals surface area contributed by atoms with Crippen LogP contribution in [0.25, 0.3) is 0 Å². The standard InChI is InChI=1S/C10H16BrNO2/c1-12-7-2-3-8(12)5-9(4-7)14-10(13)6-11/h7-9H,2-6H2,1H3. The molecule has 80 valence electrons. The van der Waals surface area contributed by atoms with Crippen molar-refractivity contribution in [3.05, 3.63) is 0 Å². The minimum absolute atomic E-state index is 0.126. The number of carbonyl (C=O) groups is 1. The topological polar surface area (TPSA) is 29.5 Å². The van der Waals surface area contributed by atoms with E-state index in [1.54, 1.807) is 0 Å². The summed E-state index contributed by atoms with van der Waals surface area (Å²) in [6, 6.07) is 1.28. The van der Waals surface area contributed by atoms with E-state index in [9.17, 15) is 4.79 Å². The predicted octanol–water partition coefficient (Wildman–Crippen LogP) is 1.55. The number of esters is 1. The summed E-state index contributed by atoms with van der Waals surface area (Å²) in [5, 5.41) is 0.314. The zero-order chi connectivity index (χ0) is 10.1. The fourth-order valence-corrected chi connectivity index (χ4v) is 2.81. The van der Waals surface area contributed by atoms with Gasteiger partial charge in [0, 0.05) is 12.1 Å². The Labute approximate surface area is 92.9 Å². The van der Waals surface area contributed by atoms with Gasteiger partial charge in [0.15, 0.2) is 0 Å². The molecule has 2 saturated heterocycles. The molecule has 0 radical (unpaired) electrons. The second-order valence-electron chi connectivity index (χ2n) is 4.27. The van der Waals surface area contributed by atoms with Gasteiger partial charge in [-0.2, -0.15) is 0 Å². The lowest BCUT2D eigenvalue weighted by Crippen LogP contribution is -2.43. The van der Waals surface area contributed by atoms with Gasteiger partial charge in [-0.25, -0.2) is 0 Å². The average Bonchev–Trinajstić information content (AvgIpc) is 2.42. The van der Waals surface area contributed by atoms with Crippen molar-refractivity contribution >= 4 is 21.9 Å². The molecule has 0 aliphatic carbocycles. The fraction of sp³-hybridized carbons (Fsp3) is 0.900. The molecular formula is C10H16BrNO2. The van der Waals surface area contributed by atoms with Crippen molar-refractivity contribution in [1.82, 2.24) is 4.90 Å². The Hall–Kier alpha value is -0.0900. The SMILES string of the molecule is CN1C2CCC1CC(OC(=O)CBr)C2. The Kier molecular flexibility index (Phi) is 3.12. The summed E-state index contributed by atoms with van der Waals surface area (Å²) < 4.78 is 5.36. The van der Waals surface area contributed by atoms with Gasteiger partial charge in [-0.15, -0.1) is 0 Å². The van der Waals surface area contributed by atoms with Crippen molar-refractivity contribution in [2.24, 2.45) is 0 Å². The average molecular weight is 262 g/mol. The first-order chi connectivity index (χ1) is 6.70. The molecular weight excluding hydrogens is 246 g/mol. The lowest BCUT2D eigenvalue weighted by molar-refractivity contribution is -0.148. The minimum Gasteiger partial charge on any atom is -0.462 e. The summed E-state index contributed by atoms with van der Waals surface area (Å²) in [6.07, 6.45) is 4.73. The maximum atomic E-state index is 11.1. The number of hydrogen-bond donors (Lipinski definition) is 0. The largest absolute Gasteiger partial charge is 0.462 e. The van der Waals surface area contributed by atoms with Crippen LogP contribution >= 0.6 is 15.9 Å². The summed E-state index contributed by atoms with van der Waals surface area (Å²) in [6.45, 7) is 0. The summed E-state index contributed by atoms with van der Waals surface area (Å²) in [5.41, 5.74) is 0. The molecule has 0 spiro atoms. The van der Waals surface area contributed by atoms with Gasteiger partial charge in [0.05, 0.1) is 0 Å². The quantitative estimate of drug-likeness (QED) is 0.558. The highest BCUT2D eigenvalue weighted by Gasteiger charge is 2.39. The Morgan fingerprint density at radius 2 is 2.00 bits per heavy atom. The number of piperidine rings is 1. The van der Waals surface area contributed by atoms with Gasteiger partial charge < -0.3 is 9.64 Å². The van der Waals surface area contributed by atoms with Gasteiger partial charge in [0.1, 0.15) is 11.4 Å². The van der Waals surface area contributed by atoms with E-state index in [4.69, 9.17) is 4.74 Å². The van der Waals surface area contributed by atoms with E-state index < -0.39 is 0 Å². The van der Waals surface area contributed by atoms with Crippen LogP contribution in [0, 0.1) is 0 Å². The second kappa shape index (κ2) is 4.19. The van der Waals surface area contributed by atoms with E-state index in [1.807, 2.05) is 0 Å². The number of carbonyl (C=O) groups excluding carboxylic acids is 1. The minimum atomic E-state index is -0.126. The molecule has 4 heteroatoms. The lowest BCUT2D eigenvalue weighted by atomic mass is 10.0. The lowest BCUT2D eigenvalue weighted by Gasteiger charge is -2.35. The van der Waals surface area contributed by atoms with Crippen LogP contribution < -0.4 is 0 Å². The van der Waals surface area contributed by atoms with Gasteiger partial charge in [-0.3, -0.25) is 4.79 Å². The normalized spacial score (nSPS) is 37.1. The Morgan fingerprint density at radius 1 is 1.43 bits per heavy atom. The zero-order valence-electron chi connectivity index (χ0n) is 8.41. The molecule has 0 saturated carbocycles. The smallest absolute Gasteiger partial charge is 0.316 e. The van der Waals surface area contributed by atoms with E-state index in [2.05, 4.69) is 27.9 Å². The Balaban J connectivity index is 1.90. The number of alkyl halides is 1. The molecule has 0 aromatic rings. The number of ether oxygens (including phenoxy) is 1. The molecule has 2 aliphatic rings. The molecule has 2 heterocycles. The molecule has 0 amide bonds. The Morgan fingerprint density at radius 3 is 2.50 bits per heavy atom. The first-order valence-electron chi connectivity index (χ1n) is 5.18. The Bertz CT molecular complexity index is 220. The maximum absolute atomic E-state index is 11.1. The predicted molar refractivity (Wildman–Crippen MR) is 57.5 cm³/mol. The van der Waals surface area contributed by atoms with Crippen LogP contribution in [0.4, 0.5) is 0 Å². The third-order valence-corrected chi connectivity index (χ3v) is 3.92. The second-order valence-corrected chi connectivity index (χ2v) is 4.83. The van der Waals surface area contributed by atoms with Crippen LogP contribution in [0.1, 0.15) is 25.7 Å². The summed E-state index contributed by atoms with van der Waals surface area (Å²) in [5.74, 6) is -0.126. The molecule has 2 rings (SSSR count). The highest BCUT2D eigenvalue weighted by Crippen LogP contribution is 2.35. The third-order valence-electron chi connectivity index (χ3n) is 3.46. The van der Waals surface area contributed by atoms with E-state index >= 15 is 0 Å². The molecule has 0 aromatic heterocycles. The molecule has 14 heavy (non-hydrogen) atoms. The highest BCUT2D eigenvalue weighted by atomic mass is 79.9. The fourth-order valence-electron chi connectivity index (χ4n) is 2.68. The molecule has 2 atom stereocenters. The molecule has 3 nitrogen and oxygen atoms in total. The number of fused-ring (bicyclic) bond motifs is 2.